The summed E-state index contributed by atoms with van der Waals surface area (Å²) in [4.78, 5) is 2.34. The maximum Gasteiger partial charge on any atom is 0.0102 e. The fourth-order valence-corrected chi connectivity index (χ4v) is 2.55. The van der Waals surface area contributed by atoms with Gasteiger partial charge < -0.3 is 10.6 Å². The Morgan fingerprint density at radius 1 is 0.632 bits per heavy atom. The Morgan fingerprint density at radius 2 is 1.05 bits per heavy atom. The highest BCUT2D eigenvalue weighted by Gasteiger charge is 1.96. The summed E-state index contributed by atoms with van der Waals surface area (Å²) in [5.74, 6) is 0. The third-order valence-electron chi connectivity index (χ3n) is 3.90. The predicted molar refractivity (Wildman–Crippen MR) is 87.6 cm³/mol. The Labute approximate surface area is 122 Å². The number of hydrogen-bond donors (Lipinski definition) is 1. The zero-order valence-corrected chi connectivity index (χ0v) is 13.6. The molecule has 0 aliphatic rings. The molecule has 2 heteroatoms. The molecule has 0 fully saturated rings. The first kappa shape index (κ1) is 18.9. The first-order chi connectivity index (χ1) is 9.31. The molecule has 0 atom stereocenters. The molecule has 2 N–H and O–H groups in total. The average Bonchev–Trinajstić information content (AvgIpc) is 2.40. The number of hydrogen-bond acceptors (Lipinski definition) is 2. The first-order valence-corrected chi connectivity index (χ1v) is 8.70. The van der Waals surface area contributed by atoms with Gasteiger partial charge in [-0.3, -0.25) is 0 Å². The van der Waals surface area contributed by atoms with Crippen LogP contribution in [0.1, 0.15) is 84.0 Å². The second-order valence-electron chi connectivity index (χ2n) is 5.98. The van der Waals surface area contributed by atoms with Gasteiger partial charge in [-0.05, 0) is 20.0 Å². The topological polar surface area (TPSA) is 29.3 Å². The molecule has 0 bridgehead atoms. The van der Waals surface area contributed by atoms with Crippen molar-refractivity contribution in [2.45, 2.75) is 84.0 Å². The fourth-order valence-electron chi connectivity index (χ4n) is 2.55. The standard InChI is InChI=1S/C17H38N2/c1-3-4-5-6-7-8-9-10-11-12-13-14-16-19(2)17-15-18/h3-18H2,1-2H3. The molecule has 0 aromatic carbocycles. The van der Waals surface area contributed by atoms with E-state index in [0.717, 1.165) is 13.1 Å². The van der Waals surface area contributed by atoms with Crippen molar-refractivity contribution < 1.29 is 0 Å². The number of likely N-dealkylation sites (N-methyl/N-ethyl adjacent to an activating group) is 1. The second kappa shape index (κ2) is 16.0. The summed E-state index contributed by atoms with van der Waals surface area (Å²) < 4.78 is 0. The van der Waals surface area contributed by atoms with E-state index in [1.807, 2.05) is 0 Å². The lowest BCUT2D eigenvalue weighted by atomic mass is 10.1. The van der Waals surface area contributed by atoms with Crippen LogP contribution in [0.5, 0.6) is 0 Å². The molecule has 0 unspecified atom stereocenters. The maximum atomic E-state index is 5.52. The largest absolute Gasteiger partial charge is 0.329 e. The Morgan fingerprint density at radius 3 is 1.47 bits per heavy atom. The van der Waals surface area contributed by atoms with Crippen molar-refractivity contribution in [2.75, 3.05) is 26.7 Å². The summed E-state index contributed by atoms with van der Waals surface area (Å²) in [7, 11) is 2.17. The van der Waals surface area contributed by atoms with Crippen LogP contribution in [0, 0.1) is 0 Å². The lowest BCUT2D eigenvalue weighted by Gasteiger charge is -2.14. The van der Waals surface area contributed by atoms with Gasteiger partial charge in [-0.1, -0.05) is 77.6 Å². The van der Waals surface area contributed by atoms with Gasteiger partial charge in [-0.2, -0.15) is 0 Å². The van der Waals surface area contributed by atoms with Crippen LogP contribution in [0.15, 0.2) is 0 Å². The van der Waals surface area contributed by atoms with Crippen LogP contribution in [0.4, 0.5) is 0 Å². The monoisotopic (exact) mass is 270 g/mol. The van der Waals surface area contributed by atoms with Crippen LogP contribution >= 0.6 is 0 Å². The van der Waals surface area contributed by atoms with Gasteiger partial charge in [0, 0.05) is 13.1 Å². The average molecular weight is 271 g/mol. The molecular formula is C17H38N2. The number of unbranched alkanes of at least 4 members (excludes halogenated alkanes) is 11. The Balaban J connectivity index is 2.99. The van der Waals surface area contributed by atoms with Gasteiger partial charge in [0.05, 0.1) is 0 Å². The molecular weight excluding hydrogens is 232 g/mol. The molecule has 0 amide bonds. The quantitative estimate of drug-likeness (QED) is 0.441. The van der Waals surface area contributed by atoms with Gasteiger partial charge >= 0.3 is 0 Å². The molecule has 0 saturated heterocycles. The minimum Gasteiger partial charge on any atom is -0.329 e. The molecule has 0 rings (SSSR count). The van der Waals surface area contributed by atoms with Crippen molar-refractivity contribution in [2.24, 2.45) is 5.73 Å². The van der Waals surface area contributed by atoms with Gasteiger partial charge in [0.2, 0.25) is 0 Å². The van der Waals surface area contributed by atoms with Crippen molar-refractivity contribution in [3.63, 3.8) is 0 Å². The number of nitrogens with two attached hydrogens (primary N) is 1. The molecule has 0 saturated carbocycles. The minimum absolute atomic E-state index is 0.786. The van der Waals surface area contributed by atoms with Crippen LogP contribution in [-0.2, 0) is 0 Å². The van der Waals surface area contributed by atoms with E-state index in [2.05, 4.69) is 18.9 Å². The molecule has 0 aromatic heterocycles. The van der Waals surface area contributed by atoms with Crippen LogP contribution in [0.25, 0.3) is 0 Å². The van der Waals surface area contributed by atoms with Gasteiger partial charge in [0.1, 0.15) is 0 Å². The molecule has 2 nitrogen and oxygen atoms in total. The first-order valence-electron chi connectivity index (χ1n) is 8.70. The van der Waals surface area contributed by atoms with Crippen molar-refractivity contribution in [3.05, 3.63) is 0 Å². The van der Waals surface area contributed by atoms with Crippen molar-refractivity contribution in [3.8, 4) is 0 Å². The van der Waals surface area contributed by atoms with Gasteiger partial charge in [-0.15, -0.1) is 0 Å². The van der Waals surface area contributed by atoms with E-state index in [0.29, 0.717) is 0 Å². The van der Waals surface area contributed by atoms with E-state index in [1.54, 1.807) is 0 Å². The highest BCUT2D eigenvalue weighted by molar-refractivity contribution is 4.53. The zero-order chi connectivity index (χ0) is 14.2. The lowest BCUT2D eigenvalue weighted by Crippen LogP contribution is -2.26. The molecule has 0 aromatic rings. The molecule has 0 aliphatic heterocycles. The summed E-state index contributed by atoms with van der Waals surface area (Å²) in [6.45, 7) is 5.33. The third kappa shape index (κ3) is 15.9. The molecule has 0 aliphatic carbocycles. The Kier molecular flexibility index (Phi) is 15.9. The minimum atomic E-state index is 0.786. The van der Waals surface area contributed by atoms with E-state index in [-0.39, 0.29) is 0 Å². The Bertz CT molecular complexity index is 159. The van der Waals surface area contributed by atoms with Gasteiger partial charge in [0.15, 0.2) is 0 Å². The summed E-state index contributed by atoms with van der Waals surface area (Å²) >= 11 is 0. The highest BCUT2D eigenvalue weighted by atomic mass is 15.1. The molecule has 0 radical (unpaired) electrons. The normalized spacial score (nSPS) is 11.4. The van der Waals surface area contributed by atoms with Crippen LogP contribution in [-0.4, -0.2) is 31.6 Å². The van der Waals surface area contributed by atoms with Crippen molar-refractivity contribution >= 4 is 0 Å². The van der Waals surface area contributed by atoms with Gasteiger partial charge in [-0.25, -0.2) is 0 Å². The summed E-state index contributed by atoms with van der Waals surface area (Å²) in [5.41, 5.74) is 5.52. The highest BCUT2D eigenvalue weighted by Crippen LogP contribution is 2.11. The number of rotatable bonds is 15. The molecule has 0 heterocycles. The van der Waals surface area contributed by atoms with E-state index < -0.39 is 0 Å². The van der Waals surface area contributed by atoms with Crippen molar-refractivity contribution in [1.82, 2.24) is 4.90 Å². The van der Waals surface area contributed by atoms with Gasteiger partial charge in [0.25, 0.3) is 0 Å². The predicted octanol–water partition coefficient (Wildman–Crippen LogP) is 4.58. The summed E-state index contributed by atoms with van der Waals surface area (Å²) in [5, 5.41) is 0. The number of nitrogens with zero attached hydrogens (tertiary/aromatic N) is 1. The smallest absolute Gasteiger partial charge is 0.0102 e. The van der Waals surface area contributed by atoms with Crippen molar-refractivity contribution in [1.29, 1.82) is 0 Å². The molecule has 19 heavy (non-hydrogen) atoms. The van der Waals surface area contributed by atoms with Crippen LogP contribution in [0.2, 0.25) is 0 Å². The third-order valence-corrected chi connectivity index (χ3v) is 3.90. The lowest BCUT2D eigenvalue weighted by molar-refractivity contribution is 0.332. The fraction of sp³-hybridized carbons (Fsp3) is 1.00. The van der Waals surface area contributed by atoms with E-state index >= 15 is 0 Å². The second-order valence-corrected chi connectivity index (χ2v) is 5.98. The van der Waals surface area contributed by atoms with Crippen LogP contribution in [0.3, 0.4) is 0 Å². The summed E-state index contributed by atoms with van der Waals surface area (Å²) in [6, 6.07) is 0. The molecule has 0 spiro atoms. The van der Waals surface area contributed by atoms with E-state index in [4.69, 9.17) is 5.73 Å². The van der Waals surface area contributed by atoms with E-state index in [9.17, 15) is 0 Å². The summed E-state index contributed by atoms with van der Waals surface area (Å²) in [6.07, 6.45) is 17.1. The zero-order valence-electron chi connectivity index (χ0n) is 13.6. The molecule has 116 valence electrons. The maximum absolute atomic E-state index is 5.52. The Hall–Kier alpha value is -0.0800. The van der Waals surface area contributed by atoms with E-state index in [1.165, 1.54) is 83.6 Å². The van der Waals surface area contributed by atoms with Crippen LogP contribution < -0.4 is 5.73 Å². The SMILES string of the molecule is CCCCCCCCCCCCCCN(C)CCN.